The number of amides is 2. The topological polar surface area (TPSA) is 93.4 Å². The number of hydrogen-bond donors (Lipinski definition) is 2. The minimum Gasteiger partial charge on any atom is -0.475 e. The fourth-order valence-electron chi connectivity index (χ4n) is 2.44. The van der Waals surface area contributed by atoms with Gasteiger partial charge in [-0.1, -0.05) is 30.3 Å². The normalized spacial score (nSPS) is 10.7. The Morgan fingerprint density at radius 3 is 2.78 bits per heavy atom. The molecule has 1 aromatic carbocycles. The average molecular weight is 380 g/mol. The fourth-order valence-corrected chi connectivity index (χ4v) is 3.05. The van der Waals surface area contributed by atoms with E-state index in [1.165, 1.54) is 11.3 Å². The molecule has 0 aliphatic heterocycles. The predicted octanol–water partition coefficient (Wildman–Crippen LogP) is 3.05. The van der Waals surface area contributed by atoms with E-state index in [0.717, 1.165) is 10.6 Å². The molecule has 2 amide bonds. The fraction of sp³-hybridized carbons (Fsp3) is 0.111. The Hall–Kier alpha value is -3.46. The van der Waals surface area contributed by atoms with Gasteiger partial charge in [-0.25, -0.2) is 4.79 Å². The molecular weight excluding hydrogens is 364 g/mol. The summed E-state index contributed by atoms with van der Waals surface area (Å²) in [5, 5.41) is 20.9. The lowest BCUT2D eigenvalue weighted by atomic mass is 10.2. The van der Waals surface area contributed by atoms with Gasteiger partial charge in [-0.3, -0.25) is 5.32 Å². The summed E-state index contributed by atoms with van der Waals surface area (Å²) in [5.41, 5.74) is 1.55. The second-order valence-electron chi connectivity index (χ2n) is 5.54. The van der Waals surface area contributed by atoms with Crippen molar-refractivity contribution in [1.82, 2.24) is 25.1 Å². The Bertz CT molecular complexity index is 1030. The highest BCUT2D eigenvalue weighted by Crippen LogP contribution is 2.18. The van der Waals surface area contributed by atoms with Gasteiger partial charge in [-0.2, -0.15) is 4.52 Å². The molecule has 0 atom stereocenters. The second-order valence-corrected chi connectivity index (χ2v) is 6.49. The third-order valence-electron chi connectivity index (χ3n) is 3.67. The van der Waals surface area contributed by atoms with Crippen LogP contribution in [0.25, 0.3) is 17.0 Å². The summed E-state index contributed by atoms with van der Waals surface area (Å²) in [5.74, 6) is 1.07. The number of rotatable bonds is 6. The lowest BCUT2D eigenvalue weighted by molar-refractivity contribution is 0.246. The maximum absolute atomic E-state index is 11.8. The SMILES string of the molecule is O=C(NCCOc1ccc2nnc(-c3ccccc3)n2n1)Nc1cccs1. The Balaban J connectivity index is 1.36. The maximum atomic E-state index is 11.8. The number of ether oxygens (including phenoxy) is 1. The van der Waals surface area contributed by atoms with Crippen LogP contribution in [0.1, 0.15) is 0 Å². The van der Waals surface area contributed by atoms with E-state index >= 15 is 0 Å². The molecule has 0 aliphatic carbocycles. The number of anilines is 1. The number of nitrogens with one attached hydrogen (secondary N) is 2. The first-order valence-electron chi connectivity index (χ1n) is 8.29. The van der Waals surface area contributed by atoms with Crippen LogP contribution < -0.4 is 15.4 Å². The summed E-state index contributed by atoms with van der Waals surface area (Å²) >= 11 is 1.46. The summed E-state index contributed by atoms with van der Waals surface area (Å²) in [6.45, 7) is 0.643. The molecule has 2 N–H and O–H groups in total. The van der Waals surface area contributed by atoms with Gasteiger partial charge < -0.3 is 10.1 Å². The molecule has 0 aliphatic rings. The van der Waals surface area contributed by atoms with Gasteiger partial charge >= 0.3 is 6.03 Å². The highest BCUT2D eigenvalue weighted by Gasteiger charge is 2.10. The first kappa shape index (κ1) is 17.0. The number of carbonyl (C=O) groups is 1. The average Bonchev–Trinajstić information content (AvgIpc) is 3.35. The molecule has 136 valence electrons. The Morgan fingerprint density at radius 2 is 1.96 bits per heavy atom. The lowest BCUT2D eigenvalue weighted by Crippen LogP contribution is -2.32. The van der Waals surface area contributed by atoms with Crippen LogP contribution in [0.2, 0.25) is 0 Å². The summed E-state index contributed by atoms with van der Waals surface area (Å²) in [7, 11) is 0. The van der Waals surface area contributed by atoms with Crippen LogP contribution in [-0.4, -0.2) is 39.0 Å². The molecular formula is C18H16N6O2S. The first-order chi connectivity index (χ1) is 13.3. The van der Waals surface area contributed by atoms with Crippen molar-refractivity contribution in [1.29, 1.82) is 0 Å². The van der Waals surface area contributed by atoms with Gasteiger partial charge in [0.2, 0.25) is 5.88 Å². The van der Waals surface area contributed by atoms with Crippen molar-refractivity contribution >= 4 is 28.0 Å². The van der Waals surface area contributed by atoms with Crippen molar-refractivity contribution in [2.75, 3.05) is 18.5 Å². The summed E-state index contributed by atoms with van der Waals surface area (Å²) in [6, 6.07) is 16.7. The van der Waals surface area contributed by atoms with E-state index < -0.39 is 0 Å². The molecule has 9 heteroatoms. The molecule has 0 unspecified atom stereocenters. The second kappa shape index (κ2) is 7.83. The number of nitrogens with zero attached hydrogens (tertiary/aromatic N) is 4. The van der Waals surface area contributed by atoms with Crippen LogP contribution in [0, 0.1) is 0 Å². The summed E-state index contributed by atoms with van der Waals surface area (Å²) < 4.78 is 7.27. The number of benzene rings is 1. The number of carbonyl (C=O) groups excluding carboxylic acids is 1. The molecule has 3 aromatic heterocycles. The molecule has 3 heterocycles. The van der Waals surface area contributed by atoms with Crippen LogP contribution in [0.5, 0.6) is 5.88 Å². The molecule has 4 aromatic rings. The quantitative estimate of drug-likeness (QED) is 0.502. The maximum Gasteiger partial charge on any atom is 0.319 e. The van der Waals surface area contributed by atoms with E-state index in [4.69, 9.17) is 4.74 Å². The van der Waals surface area contributed by atoms with Gasteiger partial charge in [-0.05, 0) is 23.6 Å². The number of hydrogen-bond acceptors (Lipinski definition) is 6. The zero-order chi connectivity index (χ0) is 18.5. The molecule has 0 fully saturated rings. The van der Waals surface area contributed by atoms with Crippen LogP contribution in [0.3, 0.4) is 0 Å². The van der Waals surface area contributed by atoms with Gasteiger partial charge in [0.05, 0.1) is 11.5 Å². The number of thiophene rings is 1. The monoisotopic (exact) mass is 380 g/mol. The molecule has 0 saturated heterocycles. The number of aromatic nitrogens is 4. The largest absolute Gasteiger partial charge is 0.475 e. The standard InChI is InChI=1S/C18H16N6O2S/c25-18(20-16-7-4-12-27-16)19-10-11-26-15-9-8-14-21-22-17(24(14)23-15)13-5-2-1-3-6-13/h1-9,12H,10-11H2,(H2,19,20,25). The van der Waals surface area contributed by atoms with Gasteiger partial charge in [0, 0.05) is 11.6 Å². The highest BCUT2D eigenvalue weighted by atomic mass is 32.1. The van der Waals surface area contributed by atoms with Crippen LogP contribution >= 0.6 is 11.3 Å². The third kappa shape index (κ3) is 4.04. The van der Waals surface area contributed by atoms with Crippen molar-refractivity contribution < 1.29 is 9.53 Å². The van der Waals surface area contributed by atoms with Gasteiger partial charge in [-0.15, -0.1) is 26.6 Å². The van der Waals surface area contributed by atoms with Crippen LogP contribution in [-0.2, 0) is 0 Å². The van der Waals surface area contributed by atoms with E-state index in [-0.39, 0.29) is 6.03 Å². The zero-order valence-corrected chi connectivity index (χ0v) is 15.0. The minimum atomic E-state index is -0.269. The number of fused-ring (bicyclic) bond motifs is 1. The molecule has 0 saturated carbocycles. The molecule has 0 spiro atoms. The van der Waals surface area contributed by atoms with Crippen molar-refractivity contribution in [3.05, 3.63) is 60.0 Å². The third-order valence-corrected chi connectivity index (χ3v) is 4.45. The van der Waals surface area contributed by atoms with Crippen molar-refractivity contribution in [2.24, 2.45) is 0 Å². The minimum absolute atomic E-state index is 0.269. The van der Waals surface area contributed by atoms with Gasteiger partial charge in [0.1, 0.15) is 6.61 Å². The smallest absolute Gasteiger partial charge is 0.319 e. The van der Waals surface area contributed by atoms with Gasteiger partial charge in [0.25, 0.3) is 0 Å². The van der Waals surface area contributed by atoms with Gasteiger partial charge in [0.15, 0.2) is 11.5 Å². The van der Waals surface area contributed by atoms with E-state index in [1.807, 2.05) is 47.8 Å². The molecule has 0 radical (unpaired) electrons. The lowest BCUT2D eigenvalue weighted by Gasteiger charge is -2.08. The Labute approximate surface area is 158 Å². The Kier molecular flexibility index (Phi) is 4.93. The van der Waals surface area contributed by atoms with Crippen molar-refractivity contribution in [3.63, 3.8) is 0 Å². The van der Waals surface area contributed by atoms with Crippen LogP contribution in [0.15, 0.2) is 60.0 Å². The molecule has 4 rings (SSSR count). The zero-order valence-electron chi connectivity index (χ0n) is 14.2. The van der Waals surface area contributed by atoms with E-state index in [0.29, 0.717) is 30.5 Å². The van der Waals surface area contributed by atoms with Crippen molar-refractivity contribution in [2.45, 2.75) is 0 Å². The number of urea groups is 1. The Morgan fingerprint density at radius 1 is 1.07 bits per heavy atom. The van der Waals surface area contributed by atoms with Crippen molar-refractivity contribution in [3.8, 4) is 17.3 Å². The van der Waals surface area contributed by atoms with E-state index in [1.54, 1.807) is 16.6 Å². The summed E-state index contributed by atoms with van der Waals surface area (Å²) in [6.07, 6.45) is 0. The van der Waals surface area contributed by atoms with E-state index in [2.05, 4.69) is 25.9 Å². The first-order valence-corrected chi connectivity index (χ1v) is 9.16. The highest BCUT2D eigenvalue weighted by molar-refractivity contribution is 7.14. The van der Waals surface area contributed by atoms with E-state index in [9.17, 15) is 4.79 Å². The van der Waals surface area contributed by atoms with Crippen LogP contribution in [0.4, 0.5) is 9.80 Å². The molecule has 0 bridgehead atoms. The summed E-state index contributed by atoms with van der Waals surface area (Å²) in [4.78, 5) is 11.8. The predicted molar refractivity (Wildman–Crippen MR) is 103 cm³/mol. The molecule has 8 nitrogen and oxygen atoms in total. The molecule has 27 heavy (non-hydrogen) atoms.